The van der Waals surface area contributed by atoms with E-state index in [1.54, 1.807) is 11.1 Å². The molecule has 0 aromatic heterocycles. The average Bonchev–Trinajstić information content (AvgIpc) is 3.37. The molecule has 0 radical (unpaired) electrons. The molecule has 0 bridgehead atoms. The van der Waals surface area contributed by atoms with E-state index in [0.29, 0.717) is 11.3 Å². The van der Waals surface area contributed by atoms with Gasteiger partial charge in [-0.25, -0.2) is 0 Å². The summed E-state index contributed by atoms with van der Waals surface area (Å²) in [5, 5.41) is 10.3. The fraction of sp³-hybridized carbons (Fsp3) is 0.733. The topological polar surface area (TPSA) is 20.2 Å². The quantitative estimate of drug-likeness (QED) is 0.442. The van der Waals surface area contributed by atoms with Crippen LogP contribution in [-0.4, -0.2) is 11.2 Å². The number of aliphatic hydroxyl groups excluding tert-OH is 1. The van der Waals surface area contributed by atoms with Crippen molar-refractivity contribution in [2.75, 3.05) is 0 Å². The van der Waals surface area contributed by atoms with E-state index < -0.39 is 0 Å². The second kappa shape index (κ2) is 9.82. The van der Waals surface area contributed by atoms with Crippen molar-refractivity contribution in [1.82, 2.24) is 0 Å². The number of fused-ring (bicyclic) bond motifs is 1. The highest BCUT2D eigenvalue weighted by Gasteiger charge is 2.50. The van der Waals surface area contributed by atoms with E-state index in [4.69, 9.17) is 0 Å². The average molecular weight is 423 g/mol. The van der Waals surface area contributed by atoms with Gasteiger partial charge < -0.3 is 5.11 Å². The van der Waals surface area contributed by atoms with Gasteiger partial charge in [0.1, 0.15) is 0 Å². The van der Waals surface area contributed by atoms with Crippen LogP contribution in [0.2, 0.25) is 0 Å². The zero-order chi connectivity index (χ0) is 22.0. The Balaban J connectivity index is 1.41. The van der Waals surface area contributed by atoms with Crippen molar-refractivity contribution in [2.45, 2.75) is 110 Å². The Morgan fingerprint density at radius 1 is 1.06 bits per heavy atom. The molecule has 0 saturated heterocycles. The first-order valence-electron chi connectivity index (χ1n) is 13.3. The van der Waals surface area contributed by atoms with Crippen LogP contribution in [0.4, 0.5) is 0 Å². The summed E-state index contributed by atoms with van der Waals surface area (Å²) in [6, 6.07) is 0. The molecule has 0 spiro atoms. The van der Waals surface area contributed by atoms with Crippen LogP contribution in [0.1, 0.15) is 104 Å². The molecule has 1 heteroatoms. The van der Waals surface area contributed by atoms with Crippen molar-refractivity contribution in [2.24, 2.45) is 29.1 Å². The van der Waals surface area contributed by atoms with Gasteiger partial charge in [0.05, 0.1) is 6.10 Å². The summed E-state index contributed by atoms with van der Waals surface area (Å²) >= 11 is 0. The standard InChI is InChI=1S/C30H46O/c1-21(9-7-12-24-10-5-6-11-24)27-16-17-28-26(13-8-18-30(27,28)4)15-14-25-19-22(2)23(3)29(31)20-25/h12,14-15,21-22,27-29,31H,3,5-11,13,16-20H2,1-2,4H3/b25-14+,26-15+/t21-,22+,27?,28?,29+,30+/m0/s1. The van der Waals surface area contributed by atoms with Gasteiger partial charge in [0.15, 0.2) is 0 Å². The first-order chi connectivity index (χ1) is 14.9. The lowest BCUT2D eigenvalue weighted by molar-refractivity contribution is 0.0946. The maximum absolute atomic E-state index is 10.3. The maximum Gasteiger partial charge on any atom is 0.0787 e. The fourth-order valence-corrected chi connectivity index (χ4v) is 7.68. The molecule has 0 aromatic carbocycles. The molecule has 2 unspecified atom stereocenters. The third-order valence-electron chi connectivity index (χ3n) is 9.64. The molecule has 31 heavy (non-hydrogen) atoms. The van der Waals surface area contributed by atoms with E-state index in [2.05, 4.69) is 45.6 Å². The molecule has 4 aliphatic carbocycles. The van der Waals surface area contributed by atoms with E-state index >= 15 is 0 Å². The lowest BCUT2D eigenvalue weighted by atomic mass is 9.60. The Morgan fingerprint density at radius 3 is 2.58 bits per heavy atom. The maximum atomic E-state index is 10.3. The molecule has 0 heterocycles. The molecule has 1 N–H and O–H groups in total. The van der Waals surface area contributed by atoms with Crippen molar-refractivity contribution in [3.05, 3.63) is 47.1 Å². The van der Waals surface area contributed by atoms with Crippen LogP contribution in [0, 0.1) is 29.1 Å². The Hall–Kier alpha value is -1.08. The normalized spacial score (nSPS) is 39.9. The van der Waals surface area contributed by atoms with Crippen LogP contribution in [0.3, 0.4) is 0 Å². The van der Waals surface area contributed by atoms with E-state index in [0.717, 1.165) is 36.2 Å². The van der Waals surface area contributed by atoms with Crippen molar-refractivity contribution in [3.63, 3.8) is 0 Å². The fourth-order valence-electron chi connectivity index (χ4n) is 7.68. The van der Waals surface area contributed by atoms with Crippen molar-refractivity contribution < 1.29 is 5.11 Å². The third-order valence-corrected chi connectivity index (χ3v) is 9.64. The zero-order valence-electron chi connectivity index (χ0n) is 20.5. The summed E-state index contributed by atoms with van der Waals surface area (Å²) in [7, 11) is 0. The highest BCUT2D eigenvalue weighted by molar-refractivity contribution is 5.29. The van der Waals surface area contributed by atoms with Gasteiger partial charge in [-0.05, 0) is 118 Å². The summed E-state index contributed by atoms with van der Waals surface area (Å²) in [4.78, 5) is 0. The Kier molecular flexibility index (Phi) is 7.31. The number of rotatable bonds is 5. The monoisotopic (exact) mass is 422 g/mol. The molecule has 0 amide bonds. The molecule has 0 aliphatic heterocycles. The molecular weight excluding hydrogens is 376 g/mol. The van der Waals surface area contributed by atoms with Gasteiger partial charge in [-0.1, -0.05) is 62.3 Å². The first kappa shape index (κ1) is 23.1. The molecule has 4 rings (SSSR count). The minimum atomic E-state index is -0.346. The minimum absolute atomic E-state index is 0.346. The summed E-state index contributed by atoms with van der Waals surface area (Å²) in [6.45, 7) is 11.5. The molecule has 4 saturated carbocycles. The van der Waals surface area contributed by atoms with Crippen molar-refractivity contribution >= 4 is 0 Å². The van der Waals surface area contributed by atoms with Gasteiger partial charge in [0.25, 0.3) is 0 Å². The van der Waals surface area contributed by atoms with E-state index in [9.17, 15) is 5.11 Å². The van der Waals surface area contributed by atoms with Gasteiger partial charge in [-0.15, -0.1) is 0 Å². The second-order valence-electron chi connectivity index (χ2n) is 11.7. The Morgan fingerprint density at radius 2 is 1.84 bits per heavy atom. The van der Waals surface area contributed by atoms with Crippen molar-refractivity contribution in [1.29, 1.82) is 0 Å². The number of hydrogen-bond acceptors (Lipinski definition) is 1. The van der Waals surface area contributed by atoms with Crippen LogP contribution in [-0.2, 0) is 0 Å². The molecule has 172 valence electrons. The van der Waals surface area contributed by atoms with Gasteiger partial charge in [0, 0.05) is 0 Å². The molecular formula is C30H46O. The van der Waals surface area contributed by atoms with Gasteiger partial charge in [0.2, 0.25) is 0 Å². The number of hydrogen-bond donors (Lipinski definition) is 1. The lowest BCUT2D eigenvalue weighted by Gasteiger charge is -2.44. The van der Waals surface area contributed by atoms with Gasteiger partial charge >= 0.3 is 0 Å². The molecule has 1 nitrogen and oxygen atoms in total. The van der Waals surface area contributed by atoms with Crippen LogP contribution < -0.4 is 0 Å². The number of aliphatic hydroxyl groups is 1. The SMILES string of the molecule is C=C1[C@H](C)C/C(=C\C=C2/CCC[C@@]3(C)C2CCC3[C@@H](C)CCC=C2CCCC2)C[C@H]1O. The number of allylic oxidation sites excluding steroid dienone is 5. The largest absolute Gasteiger partial charge is 0.388 e. The lowest BCUT2D eigenvalue weighted by Crippen LogP contribution is -2.36. The van der Waals surface area contributed by atoms with Gasteiger partial charge in [-0.3, -0.25) is 0 Å². The molecule has 0 aromatic rings. The predicted octanol–water partition coefficient (Wildman–Crippen LogP) is 8.32. The summed E-state index contributed by atoms with van der Waals surface area (Å²) in [6.07, 6.45) is 24.0. The summed E-state index contributed by atoms with van der Waals surface area (Å²) < 4.78 is 0. The van der Waals surface area contributed by atoms with E-state index in [1.807, 2.05) is 0 Å². The highest BCUT2D eigenvalue weighted by Crippen LogP contribution is 2.60. The van der Waals surface area contributed by atoms with E-state index in [1.165, 1.54) is 76.2 Å². The molecule has 4 fully saturated rings. The smallest absolute Gasteiger partial charge is 0.0787 e. The minimum Gasteiger partial charge on any atom is -0.388 e. The first-order valence-corrected chi connectivity index (χ1v) is 13.3. The van der Waals surface area contributed by atoms with E-state index in [-0.39, 0.29) is 6.10 Å². The summed E-state index contributed by atoms with van der Waals surface area (Å²) in [5.74, 6) is 2.91. The van der Waals surface area contributed by atoms with Crippen LogP contribution in [0.5, 0.6) is 0 Å². The predicted molar refractivity (Wildman–Crippen MR) is 133 cm³/mol. The van der Waals surface area contributed by atoms with Crippen molar-refractivity contribution in [3.8, 4) is 0 Å². The summed E-state index contributed by atoms with van der Waals surface area (Å²) in [5.41, 5.74) is 6.37. The zero-order valence-corrected chi connectivity index (χ0v) is 20.5. The third kappa shape index (κ3) is 4.97. The molecule has 4 aliphatic rings. The Labute approximate surface area is 191 Å². The second-order valence-corrected chi connectivity index (χ2v) is 11.7. The van der Waals surface area contributed by atoms with Crippen LogP contribution in [0.15, 0.2) is 47.1 Å². The molecule has 6 atom stereocenters. The van der Waals surface area contributed by atoms with Crippen LogP contribution >= 0.6 is 0 Å². The van der Waals surface area contributed by atoms with Crippen LogP contribution in [0.25, 0.3) is 0 Å². The highest BCUT2D eigenvalue weighted by atomic mass is 16.3. The van der Waals surface area contributed by atoms with Gasteiger partial charge in [-0.2, -0.15) is 0 Å². The Bertz CT molecular complexity index is 728.